The SMILES string of the molecule is Cn1nnc(-c2ccc(F)cc2)c1COc1ccc(C(=O)NC2CCOCC2)nn1. The summed E-state index contributed by atoms with van der Waals surface area (Å²) in [5.41, 5.74) is 2.25. The summed E-state index contributed by atoms with van der Waals surface area (Å²) < 4.78 is 25.8. The number of nitrogens with one attached hydrogen (secondary N) is 1. The molecule has 1 N–H and O–H groups in total. The average Bonchev–Trinajstić information content (AvgIpc) is 3.14. The molecule has 9 nitrogen and oxygen atoms in total. The predicted molar refractivity (Wildman–Crippen MR) is 104 cm³/mol. The number of aryl methyl sites for hydroxylation is 1. The molecule has 2 aromatic heterocycles. The second-order valence-electron chi connectivity index (χ2n) is 6.92. The molecule has 1 saturated heterocycles. The molecule has 0 aliphatic carbocycles. The molecule has 156 valence electrons. The first-order valence-electron chi connectivity index (χ1n) is 9.60. The normalized spacial score (nSPS) is 14.5. The van der Waals surface area contributed by atoms with Crippen molar-refractivity contribution in [3.05, 3.63) is 53.6 Å². The van der Waals surface area contributed by atoms with Crippen molar-refractivity contribution in [1.29, 1.82) is 0 Å². The van der Waals surface area contributed by atoms with Gasteiger partial charge in [-0.3, -0.25) is 4.79 Å². The largest absolute Gasteiger partial charge is 0.470 e. The highest BCUT2D eigenvalue weighted by Crippen LogP contribution is 2.22. The van der Waals surface area contributed by atoms with Gasteiger partial charge >= 0.3 is 0 Å². The first kappa shape index (κ1) is 19.9. The van der Waals surface area contributed by atoms with Gasteiger partial charge in [0.2, 0.25) is 5.88 Å². The van der Waals surface area contributed by atoms with Gasteiger partial charge in [0.05, 0.1) is 0 Å². The van der Waals surface area contributed by atoms with E-state index in [0.717, 1.165) is 18.4 Å². The number of ether oxygens (including phenoxy) is 2. The van der Waals surface area contributed by atoms with Crippen LogP contribution in [-0.4, -0.2) is 50.4 Å². The fourth-order valence-corrected chi connectivity index (χ4v) is 3.13. The van der Waals surface area contributed by atoms with Gasteiger partial charge in [0.1, 0.15) is 23.8 Å². The molecule has 1 amide bonds. The fraction of sp³-hybridized carbons (Fsp3) is 0.350. The molecule has 0 unspecified atom stereocenters. The maximum Gasteiger partial charge on any atom is 0.272 e. The number of rotatable bonds is 6. The highest BCUT2D eigenvalue weighted by atomic mass is 19.1. The monoisotopic (exact) mass is 412 g/mol. The van der Waals surface area contributed by atoms with Gasteiger partial charge in [-0.1, -0.05) is 5.21 Å². The molecule has 3 heterocycles. The molecule has 0 atom stereocenters. The molecule has 1 fully saturated rings. The number of nitrogens with zero attached hydrogens (tertiary/aromatic N) is 5. The van der Waals surface area contributed by atoms with Gasteiger partial charge in [0.25, 0.3) is 5.91 Å². The summed E-state index contributed by atoms with van der Waals surface area (Å²) in [5, 5.41) is 19.0. The molecule has 30 heavy (non-hydrogen) atoms. The topological polar surface area (TPSA) is 104 Å². The van der Waals surface area contributed by atoms with Crippen LogP contribution in [0.25, 0.3) is 11.3 Å². The van der Waals surface area contributed by atoms with E-state index in [9.17, 15) is 9.18 Å². The second-order valence-corrected chi connectivity index (χ2v) is 6.92. The Hall–Kier alpha value is -3.40. The van der Waals surface area contributed by atoms with E-state index in [1.807, 2.05) is 0 Å². The van der Waals surface area contributed by atoms with Gasteiger partial charge in [-0.25, -0.2) is 9.07 Å². The molecule has 0 saturated carbocycles. The number of hydrogen-bond donors (Lipinski definition) is 1. The van der Waals surface area contributed by atoms with E-state index in [-0.39, 0.29) is 35.9 Å². The number of benzene rings is 1. The lowest BCUT2D eigenvalue weighted by atomic mass is 10.1. The number of hydrogen-bond acceptors (Lipinski definition) is 7. The summed E-state index contributed by atoms with van der Waals surface area (Å²) in [4.78, 5) is 12.3. The lowest BCUT2D eigenvalue weighted by Crippen LogP contribution is -2.39. The number of carbonyl (C=O) groups is 1. The lowest BCUT2D eigenvalue weighted by molar-refractivity contribution is 0.0693. The van der Waals surface area contributed by atoms with Crippen molar-refractivity contribution >= 4 is 5.91 Å². The van der Waals surface area contributed by atoms with Crippen LogP contribution in [0, 0.1) is 5.82 Å². The molecule has 0 bridgehead atoms. The zero-order valence-corrected chi connectivity index (χ0v) is 16.4. The third-order valence-electron chi connectivity index (χ3n) is 4.85. The van der Waals surface area contributed by atoms with Crippen LogP contribution < -0.4 is 10.1 Å². The fourth-order valence-electron chi connectivity index (χ4n) is 3.13. The third kappa shape index (κ3) is 4.60. The van der Waals surface area contributed by atoms with Crippen molar-refractivity contribution in [3.63, 3.8) is 0 Å². The van der Waals surface area contributed by atoms with Crippen molar-refractivity contribution in [1.82, 2.24) is 30.5 Å². The minimum Gasteiger partial charge on any atom is -0.470 e. The molecule has 0 radical (unpaired) electrons. The van der Waals surface area contributed by atoms with Crippen LogP contribution in [0.2, 0.25) is 0 Å². The van der Waals surface area contributed by atoms with Crippen molar-refractivity contribution in [2.24, 2.45) is 7.05 Å². The molecule has 0 spiro atoms. The summed E-state index contributed by atoms with van der Waals surface area (Å²) in [6, 6.07) is 9.25. The predicted octanol–water partition coefficient (Wildman–Crippen LogP) is 1.90. The Labute approximate surface area is 172 Å². The Morgan fingerprint density at radius 2 is 1.93 bits per heavy atom. The van der Waals surface area contributed by atoms with E-state index < -0.39 is 0 Å². The minimum absolute atomic E-state index is 0.0891. The molecular weight excluding hydrogens is 391 g/mol. The number of amides is 1. The Morgan fingerprint density at radius 1 is 1.17 bits per heavy atom. The summed E-state index contributed by atoms with van der Waals surface area (Å²) in [6.45, 7) is 1.43. The van der Waals surface area contributed by atoms with Crippen LogP contribution in [0.4, 0.5) is 4.39 Å². The highest BCUT2D eigenvalue weighted by Gasteiger charge is 2.18. The molecule has 1 aliphatic heterocycles. The van der Waals surface area contributed by atoms with E-state index in [2.05, 4.69) is 25.8 Å². The Morgan fingerprint density at radius 3 is 2.63 bits per heavy atom. The minimum atomic E-state index is -0.323. The summed E-state index contributed by atoms with van der Waals surface area (Å²) in [6.07, 6.45) is 1.57. The first-order chi connectivity index (χ1) is 14.6. The van der Waals surface area contributed by atoms with Crippen LogP contribution >= 0.6 is 0 Å². The van der Waals surface area contributed by atoms with Gasteiger partial charge in [0, 0.05) is 37.9 Å². The Balaban J connectivity index is 1.39. The van der Waals surface area contributed by atoms with Crippen molar-refractivity contribution in [3.8, 4) is 17.1 Å². The van der Waals surface area contributed by atoms with E-state index in [1.165, 1.54) is 12.1 Å². The van der Waals surface area contributed by atoms with Crippen LogP contribution in [-0.2, 0) is 18.4 Å². The zero-order chi connectivity index (χ0) is 20.9. The summed E-state index contributed by atoms with van der Waals surface area (Å²) in [7, 11) is 1.74. The number of aromatic nitrogens is 5. The molecular formula is C20H21FN6O3. The van der Waals surface area contributed by atoms with Gasteiger partial charge in [-0.15, -0.1) is 15.3 Å². The summed E-state index contributed by atoms with van der Waals surface area (Å²) >= 11 is 0. The quantitative estimate of drug-likeness (QED) is 0.659. The second kappa shape index (κ2) is 8.95. The van der Waals surface area contributed by atoms with Gasteiger partial charge in [0.15, 0.2) is 5.69 Å². The summed E-state index contributed by atoms with van der Waals surface area (Å²) in [5.74, 6) is -0.323. The molecule has 1 aromatic carbocycles. The van der Waals surface area contributed by atoms with Crippen LogP contribution in [0.5, 0.6) is 5.88 Å². The Bertz CT molecular complexity index is 1000. The molecule has 1 aliphatic rings. The van der Waals surface area contributed by atoms with Gasteiger partial charge in [-0.2, -0.15) is 0 Å². The van der Waals surface area contributed by atoms with Gasteiger partial charge < -0.3 is 14.8 Å². The van der Waals surface area contributed by atoms with E-state index in [0.29, 0.717) is 24.6 Å². The standard InChI is InChI=1S/C20H21FN6O3/c1-27-17(19(25-26-27)13-2-4-14(21)5-3-13)12-30-18-7-6-16(23-24-18)20(28)22-15-8-10-29-11-9-15/h2-7,15H,8-12H2,1H3,(H,22,28). The van der Waals surface area contributed by atoms with Gasteiger partial charge in [-0.05, 0) is 43.2 Å². The average molecular weight is 412 g/mol. The first-order valence-corrected chi connectivity index (χ1v) is 9.60. The lowest BCUT2D eigenvalue weighted by Gasteiger charge is -2.22. The maximum atomic E-state index is 13.2. The van der Waals surface area contributed by atoms with E-state index in [4.69, 9.17) is 9.47 Å². The van der Waals surface area contributed by atoms with E-state index in [1.54, 1.807) is 36.0 Å². The van der Waals surface area contributed by atoms with Crippen LogP contribution in [0.3, 0.4) is 0 Å². The molecule has 10 heteroatoms. The Kier molecular flexibility index (Phi) is 5.94. The van der Waals surface area contributed by atoms with Crippen molar-refractivity contribution in [2.45, 2.75) is 25.5 Å². The molecule has 3 aromatic rings. The smallest absolute Gasteiger partial charge is 0.272 e. The number of halogens is 1. The highest BCUT2D eigenvalue weighted by molar-refractivity contribution is 5.92. The zero-order valence-electron chi connectivity index (χ0n) is 16.4. The van der Waals surface area contributed by atoms with Crippen molar-refractivity contribution in [2.75, 3.05) is 13.2 Å². The van der Waals surface area contributed by atoms with Crippen molar-refractivity contribution < 1.29 is 18.7 Å². The van der Waals surface area contributed by atoms with Crippen LogP contribution in [0.15, 0.2) is 36.4 Å². The van der Waals surface area contributed by atoms with Crippen LogP contribution in [0.1, 0.15) is 29.0 Å². The maximum absolute atomic E-state index is 13.2. The number of carbonyl (C=O) groups excluding carboxylic acids is 1. The van der Waals surface area contributed by atoms with E-state index >= 15 is 0 Å². The third-order valence-corrected chi connectivity index (χ3v) is 4.85. The molecule has 4 rings (SSSR count).